The molecule has 0 aliphatic heterocycles. The number of nitrogens with zero attached hydrogens (tertiary/aromatic N) is 1. The summed E-state index contributed by atoms with van der Waals surface area (Å²) < 4.78 is 10.8. The fourth-order valence-electron chi connectivity index (χ4n) is 1.64. The Bertz CT molecular complexity index is 466. The molecule has 0 aliphatic carbocycles. The minimum atomic E-state index is -0.107. The summed E-state index contributed by atoms with van der Waals surface area (Å²) in [6.07, 6.45) is 0. The van der Waals surface area contributed by atoms with Crippen molar-refractivity contribution in [1.29, 1.82) is 0 Å². The van der Waals surface area contributed by atoms with Crippen LogP contribution in [0.2, 0.25) is 5.02 Å². The SMILES string of the molecule is CCN(C)C(=O)COc1c(Cl)cc(CNC)cc1OC. The highest BCUT2D eigenvalue weighted by Crippen LogP contribution is 2.36. The van der Waals surface area contributed by atoms with Crippen LogP contribution in [0.5, 0.6) is 11.5 Å². The average Bonchev–Trinajstić information content (AvgIpc) is 2.44. The Balaban J connectivity index is 2.86. The summed E-state index contributed by atoms with van der Waals surface area (Å²) in [7, 11) is 5.12. The lowest BCUT2D eigenvalue weighted by molar-refractivity contribution is -0.131. The van der Waals surface area contributed by atoms with Crippen molar-refractivity contribution in [3.63, 3.8) is 0 Å². The van der Waals surface area contributed by atoms with Crippen LogP contribution in [0, 0.1) is 0 Å². The molecule has 5 nitrogen and oxygen atoms in total. The van der Waals surface area contributed by atoms with Crippen LogP contribution < -0.4 is 14.8 Å². The number of likely N-dealkylation sites (N-methyl/N-ethyl adjacent to an activating group) is 1. The topological polar surface area (TPSA) is 50.8 Å². The van der Waals surface area contributed by atoms with E-state index in [1.54, 1.807) is 25.1 Å². The zero-order chi connectivity index (χ0) is 15.1. The third-order valence-corrected chi connectivity index (χ3v) is 3.19. The molecule has 1 aromatic rings. The molecule has 0 fully saturated rings. The van der Waals surface area contributed by atoms with Crippen LogP contribution in [0.1, 0.15) is 12.5 Å². The first-order valence-electron chi connectivity index (χ1n) is 6.41. The summed E-state index contributed by atoms with van der Waals surface area (Å²) in [6, 6.07) is 3.63. The van der Waals surface area contributed by atoms with E-state index in [0.29, 0.717) is 29.6 Å². The third kappa shape index (κ3) is 4.28. The van der Waals surface area contributed by atoms with Crippen LogP contribution in [0.4, 0.5) is 0 Å². The number of halogens is 1. The quantitative estimate of drug-likeness (QED) is 0.836. The highest BCUT2D eigenvalue weighted by atomic mass is 35.5. The molecule has 0 aliphatic rings. The molecule has 1 aromatic carbocycles. The highest BCUT2D eigenvalue weighted by molar-refractivity contribution is 6.32. The number of methoxy groups -OCH3 is 1. The van der Waals surface area contributed by atoms with Crippen LogP contribution in [0.25, 0.3) is 0 Å². The molecular formula is C14H21ClN2O3. The molecule has 0 heterocycles. The van der Waals surface area contributed by atoms with E-state index in [1.807, 2.05) is 20.0 Å². The van der Waals surface area contributed by atoms with Gasteiger partial charge in [0.15, 0.2) is 18.1 Å². The third-order valence-electron chi connectivity index (χ3n) is 2.91. The first-order chi connectivity index (χ1) is 9.53. The zero-order valence-corrected chi connectivity index (χ0v) is 13.1. The van der Waals surface area contributed by atoms with Gasteiger partial charge in [-0.05, 0) is 31.7 Å². The molecule has 0 spiro atoms. The summed E-state index contributed by atoms with van der Waals surface area (Å²) in [5, 5.41) is 3.47. The van der Waals surface area contributed by atoms with Gasteiger partial charge >= 0.3 is 0 Å². The monoisotopic (exact) mass is 300 g/mol. The molecule has 0 saturated heterocycles. The fourth-order valence-corrected chi connectivity index (χ4v) is 1.93. The van der Waals surface area contributed by atoms with Crippen LogP contribution in [-0.2, 0) is 11.3 Å². The molecule has 0 radical (unpaired) electrons. The average molecular weight is 301 g/mol. The molecular weight excluding hydrogens is 280 g/mol. The summed E-state index contributed by atoms with van der Waals surface area (Å²) in [5.41, 5.74) is 0.985. The van der Waals surface area contributed by atoms with Crippen molar-refractivity contribution in [3.05, 3.63) is 22.7 Å². The van der Waals surface area contributed by atoms with Crippen molar-refractivity contribution in [2.45, 2.75) is 13.5 Å². The van der Waals surface area contributed by atoms with Crippen molar-refractivity contribution < 1.29 is 14.3 Å². The second kappa shape index (κ2) is 7.97. The summed E-state index contributed by atoms with van der Waals surface area (Å²) in [5.74, 6) is 0.812. The Labute approximate surface area is 124 Å². The molecule has 20 heavy (non-hydrogen) atoms. The zero-order valence-electron chi connectivity index (χ0n) is 12.3. The molecule has 112 valence electrons. The first-order valence-corrected chi connectivity index (χ1v) is 6.79. The number of rotatable bonds is 7. The second-order valence-corrected chi connectivity index (χ2v) is 4.74. The predicted octanol–water partition coefficient (Wildman–Crippen LogP) is 1.93. The van der Waals surface area contributed by atoms with Gasteiger partial charge in [0.1, 0.15) is 0 Å². The number of hydrogen-bond acceptors (Lipinski definition) is 4. The van der Waals surface area contributed by atoms with E-state index in [1.165, 1.54) is 0 Å². The molecule has 0 unspecified atom stereocenters. The van der Waals surface area contributed by atoms with Crippen molar-refractivity contribution in [2.75, 3.05) is 34.4 Å². The van der Waals surface area contributed by atoms with E-state index in [0.717, 1.165) is 5.56 Å². The predicted molar refractivity (Wildman–Crippen MR) is 79.6 cm³/mol. The Morgan fingerprint density at radius 2 is 2.15 bits per heavy atom. The van der Waals surface area contributed by atoms with Gasteiger partial charge in [-0.3, -0.25) is 4.79 Å². The summed E-state index contributed by atoms with van der Waals surface area (Å²) >= 11 is 6.19. The molecule has 1 rings (SSSR count). The maximum atomic E-state index is 11.7. The van der Waals surface area contributed by atoms with Crippen LogP contribution >= 0.6 is 11.6 Å². The van der Waals surface area contributed by atoms with Gasteiger partial charge in [0.2, 0.25) is 0 Å². The van der Waals surface area contributed by atoms with Gasteiger partial charge in [-0.2, -0.15) is 0 Å². The minimum Gasteiger partial charge on any atom is -0.493 e. The summed E-state index contributed by atoms with van der Waals surface area (Å²) in [6.45, 7) is 3.14. The number of carbonyl (C=O) groups is 1. The van der Waals surface area contributed by atoms with E-state index in [9.17, 15) is 4.79 Å². The maximum absolute atomic E-state index is 11.7. The molecule has 0 bridgehead atoms. The number of ether oxygens (including phenoxy) is 2. The second-order valence-electron chi connectivity index (χ2n) is 4.34. The number of amides is 1. The maximum Gasteiger partial charge on any atom is 0.260 e. The van der Waals surface area contributed by atoms with Crippen LogP contribution in [0.15, 0.2) is 12.1 Å². The van der Waals surface area contributed by atoms with Crippen molar-refractivity contribution in [3.8, 4) is 11.5 Å². The highest BCUT2D eigenvalue weighted by Gasteiger charge is 2.15. The summed E-state index contributed by atoms with van der Waals surface area (Å²) in [4.78, 5) is 13.3. The molecule has 0 aromatic heterocycles. The van der Waals surface area contributed by atoms with E-state index in [2.05, 4.69) is 5.32 Å². The lowest BCUT2D eigenvalue weighted by Crippen LogP contribution is -2.31. The van der Waals surface area contributed by atoms with Gasteiger partial charge in [-0.15, -0.1) is 0 Å². The molecule has 6 heteroatoms. The number of nitrogens with one attached hydrogen (secondary N) is 1. The first kappa shape index (κ1) is 16.6. The van der Waals surface area contributed by atoms with E-state index >= 15 is 0 Å². The van der Waals surface area contributed by atoms with Crippen LogP contribution in [0.3, 0.4) is 0 Å². The van der Waals surface area contributed by atoms with Crippen molar-refractivity contribution >= 4 is 17.5 Å². The number of hydrogen-bond donors (Lipinski definition) is 1. The van der Waals surface area contributed by atoms with Gasteiger partial charge in [-0.25, -0.2) is 0 Å². The molecule has 0 saturated carbocycles. The Morgan fingerprint density at radius 1 is 1.45 bits per heavy atom. The van der Waals surface area contributed by atoms with E-state index in [4.69, 9.17) is 21.1 Å². The lowest BCUT2D eigenvalue weighted by Gasteiger charge is -2.17. The van der Waals surface area contributed by atoms with E-state index in [-0.39, 0.29) is 12.5 Å². The van der Waals surface area contributed by atoms with Gasteiger partial charge in [0, 0.05) is 20.1 Å². The van der Waals surface area contributed by atoms with Crippen molar-refractivity contribution in [2.24, 2.45) is 0 Å². The van der Waals surface area contributed by atoms with Gasteiger partial charge in [0.25, 0.3) is 5.91 Å². The molecule has 1 N–H and O–H groups in total. The van der Waals surface area contributed by atoms with Gasteiger partial charge in [-0.1, -0.05) is 11.6 Å². The standard InChI is InChI=1S/C14H21ClN2O3/c1-5-17(3)13(18)9-20-14-11(15)6-10(8-16-2)7-12(14)19-4/h6-7,16H,5,8-9H2,1-4H3. The number of carbonyl (C=O) groups excluding carboxylic acids is 1. The normalized spacial score (nSPS) is 10.2. The van der Waals surface area contributed by atoms with Gasteiger partial charge in [0.05, 0.1) is 12.1 Å². The van der Waals surface area contributed by atoms with Gasteiger partial charge < -0.3 is 19.7 Å². The Hall–Kier alpha value is -1.46. The molecule has 0 atom stereocenters. The van der Waals surface area contributed by atoms with Crippen LogP contribution in [-0.4, -0.2) is 45.2 Å². The Morgan fingerprint density at radius 3 is 2.70 bits per heavy atom. The van der Waals surface area contributed by atoms with E-state index < -0.39 is 0 Å². The minimum absolute atomic E-state index is 0.0637. The number of benzene rings is 1. The molecule has 1 amide bonds. The Kier molecular flexibility index (Phi) is 6.61. The largest absolute Gasteiger partial charge is 0.493 e. The fraction of sp³-hybridized carbons (Fsp3) is 0.500. The smallest absolute Gasteiger partial charge is 0.260 e. The lowest BCUT2D eigenvalue weighted by atomic mass is 10.2. The van der Waals surface area contributed by atoms with Crippen molar-refractivity contribution in [1.82, 2.24) is 10.2 Å².